The fourth-order valence-electron chi connectivity index (χ4n) is 2.02. The zero-order valence-electron chi connectivity index (χ0n) is 11.5. The van der Waals surface area contributed by atoms with Gasteiger partial charge in [-0.2, -0.15) is 0 Å². The summed E-state index contributed by atoms with van der Waals surface area (Å²) in [5, 5.41) is 3.05. The van der Waals surface area contributed by atoms with Gasteiger partial charge in [0.25, 0.3) is 0 Å². The Morgan fingerprint density at radius 3 is 2.39 bits per heavy atom. The molecule has 1 aromatic rings. The van der Waals surface area contributed by atoms with Crippen LogP contribution in [-0.2, 0) is 9.53 Å². The number of ether oxygens (including phenoxy) is 1. The van der Waals surface area contributed by atoms with E-state index in [1.54, 1.807) is 7.11 Å². The highest BCUT2D eigenvalue weighted by atomic mass is 16.5. The Hall–Kier alpha value is -1.35. The average Bonchev–Trinajstić information content (AvgIpc) is 2.40. The molecule has 100 valence electrons. The van der Waals surface area contributed by atoms with Crippen molar-refractivity contribution in [2.24, 2.45) is 0 Å². The van der Waals surface area contributed by atoms with E-state index in [2.05, 4.69) is 5.32 Å². The van der Waals surface area contributed by atoms with Crippen LogP contribution >= 0.6 is 0 Å². The van der Waals surface area contributed by atoms with Crippen LogP contribution in [0.5, 0.6) is 0 Å². The van der Waals surface area contributed by atoms with Gasteiger partial charge in [-0.25, -0.2) is 0 Å². The summed E-state index contributed by atoms with van der Waals surface area (Å²) in [6, 6.07) is 10.0. The van der Waals surface area contributed by atoms with Gasteiger partial charge in [-0.15, -0.1) is 0 Å². The molecule has 1 aromatic carbocycles. The molecule has 1 amide bonds. The fourth-order valence-corrected chi connectivity index (χ4v) is 2.02. The van der Waals surface area contributed by atoms with Crippen molar-refractivity contribution in [2.75, 3.05) is 13.7 Å². The first-order chi connectivity index (χ1) is 8.72. The second-order valence-electron chi connectivity index (χ2n) is 4.44. The summed E-state index contributed by atoms with van der Waals surface area (Å²) in [4.78, 5) is 12.3. The topological polar surface area (TPSA) is 38.3 Å². The molecule has 18 heavy (non-hydrogen) atoms. The smallest absolute Gasteiger partial charge is 0.227 e. The molecule has 0 bridgehead atoms. The Balaban J connectivity index is 2.68. The molecule has 0 spiro atoms. The van der Waals surface area contributed by atoms with E-state index >= 15 is 0 Å². The predicted octanol–water partition coefficient (Wildman–Crippen LogP) is 2.72. The van der Waals surface area contributed by atoms with Gasteiger partial charge in [0.2, 0.25) is 5.91 Å². The maximum atomic E-state index is 12.3. The molecule has 0 heterocycles. The quantitative estimate of drug-likeness (QED) is 0.807. The zero-order chi connectivity index (χ0) is 13.4. The second kappa shape index (κ2) is 7.88. The predicted molar refractivity (Wildman–Crippen MR) is 73.6 cm³/mol. The molecule has 2 atom stereocenters. The minimum absolute atomic E-state index is 0.0721. The van der Waals surface area contributed by atoms with Crippen LogP contribution in [0.15, 0.2) is 30.3 Å². The molecule has 0 saturated carbocycles. The molecule has 0 aliphatic carbocycles. The number of nitrogens with one attached hydrogen (secondary N) is 1. The van der Waals surface area contributed by atoms with Crippen LogP contribution in [0, 0.1) is 0 Å². The van der Waals surface area contributed by atoms with E-state index in [4.69, 9.17) is 4.74 Å². The third-order valence-corrected chi connectivity index (χ3v) is 3.13. The average molecular weight is 249 g/mol. The highest BCUT2D eigenvalue weighted by Gasteiger charge is 2.20. The van der Waals surface area contributed by atoms with Crippen molar-refractivity contribution in [1.82, 2.24) is 5.32 Å². The van der Waals surface area contributed by atoms with Crippen LogP contribution in [0.1, 0.15) is 38.2 Å². The molecule has 0 aromatic heterocycles. The summed E-state index contributed by atoms with van der Waals surface area (Å²) in [5.41, 5.74) is 1.07. The first-order valence-corrected chi connectivity index (χ1v) is 6.57. The van der Waals surface area contributed by atoms with Crippen molar-refractivity contribution in [3.05, 3.63) is 35.9 Å². The Labute approximate surface area is 110 Å². The fraction of sp³-hybridized carbons (Fsp3) is 0.533. The molecular formula is C15H23NO2. The number of benzene rings is 1. The third kappa shape index (κ3) is 4.15. The molecule has 0 saturated heterocycles. The lowest BCUT2D eigenvalue weighted by Crippen LogP contribution is -2.40. The Kier molecular flexibility index (Phi) is 6.44. The van der Waals surface area contributed by atoms with Crippen molar-refractivity contribution in [3.63, 3.8) is 0 Å². The van der Waals surface area contributed by atoms with Crippen LogP contribution in [0.2, 0.25) is 0 Å². The molecule has 0 aliphatic heterocycles. The van der Waals surface area contributed by atoms with E-state index in [0.29, 0.717) is 6.61 Å². The van der Waals surface area contributed by atoms with E-state index < -0.39 is 0 Å². The Morgan fingerprint density at radius 1 is 1.22 bits per heavy atom. The van der Waals surface area contributed by atoms with Crippen LogP contribution in [0.4, 0.5) is 0 Å². The summed E-state index contributed by atoms with van der Waals surface area (Å²) in [6.45, 7) is 4.65. The number of carbonyl (C=O) groups excluding carboxylic acids is 1. The van der Waals surface area contributed by atoms with Crippen molar-refractivity contribution < 1.29 is 9.53 Å². The van der Waals surface area contributed by atoms with Crippen molar-refractivity contribution >= 4 is 5.91 Å². The normalized spacial score (nSPS) is 13.9. The first-order valence-electron chi connectivity index (χ1n) is 6.57. The summed E-state index contributed by atoms with van der Waals surface area (Å²) in [7, 11) is 1.66. The molecular weight excluding hydrogens is 226 g/mol. The second-order valence-corrected chi connectivity index (χ2v) is 4.44. The molecule has 0 radical (unpaired) electrons. The van der Waals surface area contributed by atoms with E-state index in [1.807, 2.05) is 44.2 Å². The third-order valence-electron chi connectivity index (χ3n) is 3.13. The van der Waals surface area contributed by atoms with Gasteiger partial charge in [0.05, 0.1) is 18.6 Å². The van der Waals surface area contributed by atoms with Gasteiger partial charge in [0.15, 0.2) is 0 Å². The number of carbonyl (C=O) groups is 1. The van der Waals surface area contributed by atoms with Crippen molar-refractivity contribution in [2.45, 2.75) is 38.6 Å². The molecule has 1 rings (SSSR count). The van der Waals surface area contributed by atoms with Gasteiger partial charge in [-0.3, -0.25) is 4.79 Å². The maximum absolute atomic E-state index is 12.3. The summed E-state index contributed by atoms with van der Waals surface area (Å²) >= 11 is 0. The lowest BCUT2D eigenvalue weighted by atomic mass is 9.95. The Bertz CT molecular complexity index is 351. The van der Waals surface area contributed by atoms with Crippen LogP contribution < -0.4 is 5.32 Å². The highest BCUT2D eigenvalue weighted by Crippen LogP contribution is 2.19. The van der Waals surface area contributed by atoms with Gasteiger partial charge >= 0.3 is 0 Å². The largest absolute Gasteiger partial charge is 0.383 e. The van der Waals surface area contributed by atoms with Crippen LogP contribution in [0.3, 0.4) is 0 Å². The molecule has 0 aliphatic rings. The van der Waals surface area contributed by atoms with E-state index in [9.17, 15) is 4.79 Å². The number of amides is 1. The standard InChI is InChI=1S/C15H23NO2/c1-4-13(11-18-3)16-15(17)14(5-2)12-9-7-6-8-10-12/h6-10,13-14H,4-5,11H2,1-3H3,(H,16,17). The number of hydrogen-bond acceptors (Lipinski definition) is 2. The van der Waals surface area contributed by atoms with Crippen molar-refractivity contribution in [1.29, 1.82) is 0 Å². The number of hydrogen-bond donors (Lipinski definition) is 1. The number of methoxy groups -OCH3 is 1. The van der Waals surface area contributed by atoms with Gasteiger partial charge < -0.3 is 10.1 Å². The first kappa shape index (κ1) is 14.7. The van der Waals surface area contributed by atoms with Gasteiger partial charge in [0, 0.05) is 7.11 Å². The molecule has 0 fully saturated rings. The highest BCUT2D eigenvalue weighted by molar-refractivity contribution is 5.83. The van der Waals surface area contributed by atoms with Gasteiger partial charge in [-0.1, -0.05) is 44.2 Å². The maximum Gasteiger partial charge on any atom is 0.227 e. The summed E-state index contributed by atoms with van der Waals surface area (Å²) < 4.78 is 5.10. The molecule has 2 unspecified atom stereocenters. The minimum atomic E-state index is -0.0721. The molecule has 3 heteroatoms. The van der Waals surface area contributed by atoms with Gasteiger partial charge in [-0.05, 0) is 18.4 Å². The summed E-state index contributed by atoms with van der Waals surface area (Å²) in [5.74, 6) is 0.0182. The van der Waals surface area contributed by atoms with Crippen LogP contribution in [-0.4, -0.2) is 25.7 Å². The van der Waals surface area contributed by atoms with Crippen molar-refractivity contribution in [3.8, 4) is 0 Å². The monoisotopic (exact) mass is 249 g/mol. The SMILES string of the molecule is CCC(COC)NC(=O)C(CC)c1ccccc1. The minimum Gasteiger partial charge on any atom is -0.383 e. The molecule has 1 N–H and O–H groups in total. The Morgan fingerprint density at radius 2 is 1.89 bits per heavy atom. The molecule has 3 nitrogen and oxygen atoms in total. The lowest BCUT2D eigenvalue weighted by Gasteiger charge is -2.21. The lowest BCUT2D eigenvalue weighted by molar-refractivity contribution is -0.123. The van der Waals surface area contributed by atoms with E-state index in [-0.39, 0.29) is 17.9 Å². The van der Waals surface area contributed by atoms with Crippen LogP contribution in [0.25, 0.3) is 0 Å². The summed E-state index contributed by atoms with van der Waals surface area (Å²) in [6.07, 6.45) is 1.68. The van der Waals surface area contributed by atoms with E-state index in [0.717, 1.165) is 18.4 Å². The zero-order valence-corrected chi connectivity index (χ0v) is 11.5. The van der Waals surface area contributed by atoms with E-state index in [1.165, 1.54) is 0 Å². The number of rotatable bonds is 7. The van der Waals surface area contributed by atoms with Gasteiger partial charge in [0.1, 0.15) is 0 Å².